The van der Waals surface area contributed by atoms with Crippen LogP contribution in [0.5, 0.6) is 0 Å². The molecule has 0 spiro atoms. The molecule has 16 heavy (non-hydrogen) atoms. The molecule has 0 aliphatic carbocycles. The third-order valence-electron chi connectivity index (χ3n) is 2.26. The number of rotatable bonds is 3. The minimum absolute atomic E-state index is 0.234. The maximum absolute atomic E-state index is 12.9. The summed E-state index contributed by atoms with van der Waals surface area (Å²) in [6.45, 7) is 0.234. The second kappa shape index (κ2) is 4.30. The first-order chi connectivity index (χ1) is 7.65. The minimum Gasteiger partial charge on any atom is -0.474 e. The lowest BCUT2D eigenvalue weighted by molar-refractivity contribution is -0.130. The van der Waals surface area contributed by atoms with Crippen LogP contribution in [0.2, 0.25) is 0 Å². The topological polar surface area (TPSA) is 58.9 Å². The predicted molar refractivity (Wildman–Crippen MR) is 54.9 cm³/mol. The highest BCUT2D eigenvalue weighted by molar-refractivity contribution is 6.32. The molecule has 0 fully saturated rings. The molecule has 4 nitrogen and oxygen atoms in total. The number of aliphatic carboxylic acids is 1. The van der Waals surface area contributed by atoms with Gasteiger partial charge in [-0.15, -0.1) is 0 Å². The van der Waals surface area contributed by atoms with Crippen LogP contribution in [-0.4, -0.2) is 29.6 Å². The molecule has 0 amide bonds. The molecule has 1 unspecified atom stereocenters. The maximum atomic E-state index is 12.9. The van der Waals surface area contributed by atoms with Crippen LogP contribution < -0.4 is 0 Å². The third-order valence-corrected chi connectivity index (χ3v) is 2.26. The van der Waals surface area contributed by atoms with E-state index in [2.05, 4.69) is 4.99 Å². The SMILES string of the molecule is O=C(O)C1=NC(Cc2cccc(F)c2)CO1. The number of carbonyl (C=O) groups is 1. The smallest absolute Gasteiger partial charge is 0.391 e. The lowest BCUT2D eigenvalue weighted by atomic mass is 10.1. The molecular weight excluding hydrogens is 213 g/mol. The maximum Gasteiger partial charge on any atom is 0.391 e. The van der Waals surface area contributed by atoms with E-state index in [1.807, 2.05) is 0 Å². The average molecular weight is 223 g/mol. The third kappa shape index (κ3) is 2.36. The van der Waals surface area contributed by atoms with Gasteiger partial charge in [0.2, 0.25) is 0 Å². The largest absolute Gasteiger partial charge is 0.474 e. The van der Waals surface area contributed by atoms with Crippen LogP contribution in [0.15, 0.2) is 29.3 Å². The van der Waals surface area contributed by atoms with Crippen molar-refractivity contribution in [3.8, 4) is 0 Å². The molecule has 5 heteroatoms. The summed E-state index contributed by atoms with van der Waals surface area (Å²) in [6.07, 6.45) is 0.481. The summed E-state index contributed by atoms with van der Waals surface area (Å²) < 4.78 is 17.8. The molecule has 0 saturated heterocycles. The summed E-state index contributed by atoms with van der Waals surface area (Å²) in [7, 11) is 0. The lowest BCUT2D eigenvalue weighted by Gasteiger charge is -2.04. The van der Waals surface area contributed by atoms with Crippen molar-refractivity contribution in [2.24, 2.45) is 4.99 Å². The van der Waals surface area contributed by atoms with Gasteiger partial charge in [0.15, 0.2) is 0 Å². The van der Waals surface area contributed by atoms with Crippen LogP contribution in [0.4, 0.5) is 4.39 Å². The summed E-state index contributed by atoms with van der Waals surface area (Å²) >= 11 is 0. The van der Waals surface area contributed by atoms with Crippen LogP contribution in [-0.2, 0) is 16.0 Å². The average Bonchev–Trinajstić information content (AvgIpc) is 2.66. The summed E-state index contributed by atoms with van der Waals surface area (Å²) in [4.78, 5) is 14.4. The van der Waals surface area contributed by atoms with Gasteiger partial charge in [0, 0.05) is 0 Å². The highest BCUT2D eigenvalue weighted by Gasteiger charge is 2.23. The quantitative estimate of drug-likeness (QED) is 0.838. The fraction of sp³-hybridized carbons (Fsp3) is 0.273. The number of halogens is 1. The van der Waals surface area contributed by atoms with E-state index in [-0.39, 0.29) is 24.4 Å². The van der Waals surface area contributed by atoms with E-state index in [0.717, 1.165) is 5.56 Å². The van der Waals surface area contributed by atoms with Crippen molar-refractivity contribution in [2.75, 3.05) is 6.61 Å². The summed E-state index contributed by atoms with van der Waals surface area (Å²) in [5.74, 6) is -1.73. The monoisotopic (exact) mass is 223 g/mol. The van der Waals surface area contributed by atoms with Gasteiger partial charge in [0.25, 0.3) is 5.90 Å². The lowest BCUT2D eigenvalue weighted by Crippen LogP contribution is -2.12. The molecule has 1 heterocycles. The Morgan fingerprint density at radius 3 is 3.06 bits per heavy atom. The Kier molecular flexibility index (Phi) is 2.85. The zero-order chi connectivity index (χ0) is 11.5. The van der Waals surface area contributed by atoms with Crippen molar-refractivity contribution in [1.82, 2.24) is 0 Å². The Morgan fingerprint density at radius 2 is 2.44 bits per heavy atom. The number of ether oxygens (including phenoxy) is 1. The van der Waals surface area contributed by atoms with Crippen LogP contribution in [0.1, 0.15) is 5.56 Å². The van der Waals surface area contributed by atoms with Crippen molar-refractivity contribution >= 4 is 11.9 Å². The van der Waals surface area contributed by atoms with E-state index in [4.69, 9.17) is 9.84 Å². The fourth-order valence-electron chi connectivity index (χ4n) is 1.57. The Morgan fingerprint density at radius 1 is 1.62 bits per heavy atom. The molecular formula is C11H10FNO3. The van der Waals surface area contributed by atoms with Crippen LogP contribution in [0.25, 0.3) is 0 Å². The highest BCUT2D eigenvalue weighted by atomic mass is 19.1. The molecule has 0 radical (unpaired) electrons. The van der Waals surface area contributed by atoms with E-state index in [1.165, 1.54) is 12.1 Å². The van der Waals surface area contributed by atoms with E-state index in [0.29, 0.717) is 6.42 Å². The number of hydrogen-bond donors (Lipinski definition) is 1. The Hall–Kier alpha value is -1.91. The first-order valence-corrected chi connectivity index (χ1v) is 4.83. The Balaban J connectivity index is 2.04. The minimum atomic E-state index is -1.17. The second-order valence-corrected chi connectivity index (χ2v) is 3.54. The fourth-order valence-corrected chi connectivity index (χ4v) is 1.57. The van der Waals surface area contributed by atoms with Gasteiger partial charge in [0.1, 0.15) is 12.4 Å². The van der Waals surface area contributed by atoms with Crippen molar-refractivity contribution in [3.05, 3.63) is 35.6 Å². The van der Waals surface area contributed by atoms with Crippen LogP contribution >= 0.6 is 0 Å². The van der Waals surface area contributed by atoms with Gasteiger partial charge in [0.05, 0.1) is 6.04 Å². The van der Waals surface area contributed by atoms with E-state index < -0.39 is 5.97 Å². The zero-order valence-corrected chi connectivity index (χ0v) is 8.39. The summed E-state index contributed by atoms with van der Waals surface area (Å²) in [6, 6.07) is 5.92. The number of benzene rings is 1. The number of nitrogens with zero attached hydrogens (tertiary/aromatic N) is 1. The molecule has 1 N–H and O–H groups in total. The van der Waals surface area contributed by atoms with Gasteiger partial charge in [-0.25, -0.2) is 14.2 Å². The molecule has 1 aromatic rings. The Labute approximate surface area is 91.4 Å². The van der Waals surface area contributed by atoms with Gasteiger partial charge in [-0.05, 0) is 24.1 Å². The molecule has 0 bridgehead atoms. The molecule has 1 aliphatic rings. The van der Waals surface area contributed by atoms with Crippen molar-refractivity contribution in [3.63, 3.8) is 0 Å². The molecule has 0 saturated carbocycles. The number of carboxylic acid groups (broad SMARTS) is 1. The molecule has 1 atom stereocenters. The van der Waals surface area contributed by atoms with Crippen LogP contribution in [0.3, 0.4) is 0 Å². The second-order valence-electron chi connectivity index (χ2n) is 3.54. The number of hydrogen-bond acceptors (Lipinski definition) is 3. The molecule has 0 aromatic heterocycles. The normalized spacial score (nSPS) is 19.1. The van der Waals surface area contributed by atoms with Crippen molar-refractivity contribution in [1.29, 1.82) is 0 Å². The van der Waals surface area contributed by atoms with Gasteiger partial charge in [-0.3, -0.25) is 0 Å². The molecule has 2 rings (SSSR count). The van der Waals surface area contributed by atoms with E-state index in [1.54, 1.807) is 12.1 Å². The van der Waals surface area contributed by atoms with E-state index >= 15 is 0 Å². The summed E-state index contributed by atoms with van der Waals surface area (Å²) in [5, 5.41) is 8.63. The first-order valence-electron chi connectivity index (χ1n) is 4.83. The predicted octanol–water partition coefficient (Wildman–Crippen LogP) is 1.25. The molecule has 84 valence electrons. The summed E-state index contributed by atoms with van der Waals surface area (Å²) in [5.41, 5.74) is 0.781. The van der Waals surface area contributed by atoms with Gasteiger partial charge in [-0.2, -0.15) is 0 Å². The van der Waals surface area contributed by atoms with Crippen LogP contribution in [0, 0.1) is 5.82 Å². The van der Waals surface area contributed by atoms with Gasteiger partial charge in [-0.1, -0.05) is 12.1 Å². The van der Waals surface area contributed by atoms with Crippen molar-refractivity contribution in [2.45, 2.75) is 12.5 Å². The van der Waals surface area contributed by atoms with Crippen molar-refractivity contribution < 1.29 is 19.0 Å². The zero-order valence-electron chi connectivity index (χ0n) is 8.39. The van der Waals surface area contributed by atoms with Gasteiger partial charge < -0.3 is 9.84 Å². The number of aliphatic imine (C=N–C) groups is 1. The Bertz CT molecular complexity index is 445. The standard InChI is InChI=1S/C11H10FNO3/c12-8-3-1-2-7(4-8)5-9-6-16-10(13-9)11(14)15/h1-4,9H,5-6H2,(H,14,15). The molecule has 1 aromatic carbocycles. The first kappa shape index (κ1) is 10.6. The molecule has 1 aliphatic heterocycles. The van der Waals surface area contributed by atoms with E-state index in [9.17, 15) is 9.18 Å². The highest BCUT2D eigenvalue weighted by Crippen LogP contribution is 2.13. The van der Waals surface area contributed by atoms with Gasteiger partial charge >= 0.3 is 5.97 Å². The number of carboxylic acids is 1.